The SMILES string of the molecule is CC(C)(C)[Si](C)(C)Oc1ccc(C(O)=C(C#N)C(=O)Nc2ccccc2)cc1O[Si](C)(C)C(C)(C)C. The Morgan fingerprint density at radius 2 is 1.36 bits per heavy atom. The van der Waals surface area contributed by atoms with E-state index in [0.29, 0.717) is 22.7 Å². The highest BCUT2D eigenvalue weighted by molar-refractivity contribution is 6.75. The van der Waals surface area contributed by atoms with Crippen molar-refractivity contribution in [3.8, 4) is 17.6 Å². The van der Waals surface area contributed by atoms with Gasteiger partial charge in [-0.1, -0.05) is 59.7 Å². The number of amides is 1. The molecule has 0 spiro atoms. The smallest absolute Gasteiger partial charge is 0.270 e. The molecule has 0 fully saturated rings. The van der Waals surface area contributed by atoms with Gasteiger partial charge in [0.1, 0.15) is 23.3 Å². The van der Waals surface area contributed by atoms with E-state index in [0.717, 1.165) is 0 Å². The molecule has 0 heterocycles. The second-order valence-corrected chi connectivity index (χ2v) is 21.5. The van der Waals surface area contributed by atoms with Crippen molar-refractivity contribution in [2.45, 2.75) is 77.8 Å². The Kier molecular flexibility index (Phi) is 8.54. The summed E-state index contributed by atoms with van der Waals surface area (Å²) in [6.07, 6.45) is 0. The first-order chi connectivity index (χ1) is 16.4. The fourth-order valence-corrected chi connectivity index (χ4v) is 4.79. The quantitative estimate of drug-likeness (QED) is 0.166. The first kappa shape index (κ1) is 29.2. The lowest BCUT2D eigenvalue weighted by atomic mass is 10.1. The van der Waals surface area contributed by atoms with Gasteiger partial charge in [-0.2, -0.15) is 5.26 Å². The number of hydrogen-bond donors (Lipinski definition) is 2. The molecule has 0 aromatic heterocycles. The van der Waals surface area contributed by atoms with Crippen LogP contribution in [0.15, 0.2) is 54.1 Å². The third-order valence-electron chi connectivity index (χ3n) is 7.17. The molecule has 0 aliphatic rings. The molecule has 36 heavy (non-hydrogen) atoms. The summed E-state index contributed by atoms with van der Waals surface area (Å²) in [5, 5.41) is 23.2. The minimum Gasteiger partial charge on any atom is -0.541 e. The molecule has 6 nitrogen and oxygen atoms in total. The van der Waals surface area contributed by atoms with E-state index in [1.807, 2.05) is 12.1 Å². The molecule has 0 aliphatic heterocycles. The fraction of sp³-hybridized carbons (Fsp3) is 0.429. The van der Waals surface area contributed by atoms with Gasteiger partial charge in [0.25, 0.3) is 22.5 Å². The Morgan fingerprint density at radius 3 is 1.83 bits per heavy atom. The molecule has 0 saturated heterocycles. The number of hydrogen-bond acceptors (Lipinski definition) is 5. The molecule has 0 atom stereocenters. The van der Waals surface area contributed by atoms with Gasteiger partial charge in [-0.15, -0.1) is 0 Å². The molecule has 2 aromatic rings. The van der Waals surface area contributed by atoms with Gasteiger partial charge in [-0.3, -0.25) is 4.79 Å². The van der Waals surface area contributed by atoms with Crippen LogP contribution in [0.1, 0.15) is 47.1 Å². The van der Waals surface area contributed by atoms with Crippen molar-refractivity contribution in [2.75, 3.05) is 5.32 Å². The largest absolute Gasteiger partial charge is 0.541 e. The number of para-hydroxylation sites is 1. The Balaban J connectivity index is 2.58. The summed E-state index contributed by atoms with van der Waals surface area (Å²) in [7, 11) is -4.46. The van der Waals surface area contributed by atoms with Crippen molar-refractivity contribution in [3.63, 3.8) is 0 Å². The lowest BCUT2D eigenvalue weighted by Crippen LogP contribution is -2.45. The fourth-order valence-electron chi connectivity index (χ4n) is 2.75. The Morgan fingerprint density at radius 1 is 0.861 bits per heavy atom. The maximum Gasteiger partial charge on any atom is 0.270 e. The molecule has 2 aromatic carbocycles. The number of aliphatic hydroxyl groups excluding tert-OH is 1. The van der Waals surface area contributed by atoms with Gasteiger partial charge in [-0.25, -0.2) is 0 Å². The van der Waals surface area contributed by atoms with E-state index in [1.165, 1.54) is 0 Å². The van der Waals surface area contributed by atoms with E-state index >= 15 is 0 Å². The average molecular weight is 525 g/mol. The summed E-state index contributed by atoms with van der Waals surface area (Å²) < 4.78 is 13.2. The summed E-state index contributed by atoms with van der Waals surface area (Å²) in [5.74, 6) is 0.0194. The lowest BCUT2D eigenvalue weighted by molar-refractivity contribution is -0.112. The van der Waals surface area contributed by atoms with Crippen molar-refractivity contribution in [3.05, 3.63) is 59.7 Å². The standard InChI is InChI=1S/C28H40N2O4Si2/c1-27(2,3)35(7,8)33-23-17-16-20(18-24(23)34-36(9,10)28(4,5)6)25(31)22(19-29)26(32)30-21-14-12-11-13-15-21/h11-18,31H,1-10H3,(H,30,32). The third-order valence-corrected chi connectivity index (χ3v) is 15.9. The van der Waals surface area contributed by atoms with E-state index < -0.39 is 28.3 Å². The zero-order valence-corrected chi connectivity index (χ0v) is 25.2. The number of rotatable bonds is 7. The van der Waals surface area contributed by atoms with Gasteiger partial charge in [0.15, 0.2) is 5.57 Å². The van der Waals surface area contributed by atoms with E-state index in [4.69, 9.17) is 8.85 Å². The molecule has 0 bridgehead atoms. The summed E-state index contributed by atoms with van der Waals surface area (Å²) >= 11 is 0. The normalized spacial score (nSPS) is 13.4. The zero-order chi connectivity index (χ0) is 27.5. The zero-order valence-electron chi connectivity index (χ0n) is 23.2. The number of carbonyl (C=O) groups is 1. The topological polar surface area (TPSA) is 91.6 Å². The number of nitriles is 1. The third kappa shape index (κ3) is 6.80. The first-order valence-electron chi connectivity index (χ1n) is 12.1. The second-order valence-electron chi connectivity index (χ2n) is 12.0. The summed E-state index contributed by atoms with van der Waals surface area (Å²) in [5.41, 5.74) is 0.462. The highest BCUT2D eigenvalue weighted by atomic mass is 28.4. The maximum atomic E-state index is 12.8. The van der Waals surface area contributed by atoms with E-state index in [-0.39, 0.29) is 15.6 Å². The average Bonchev–Trinajstić information content (AvgIpc) is 2.74. The van der Waals surface area contributed by atoms with Crippen molar-refractivity contribution < 1.29 is 18.8 Å². The van der Waals surface area contributed by atoms with Crippen molar-refractivity contribution in [2.24, 2.45) is 0 Å². The number of carbonyl (C=O) groups excluding carboxylic acids is 1. The van der Waals surface area contributed by atoms with Crippen LogP contribution in [-0.4, -0.2) is 27.6 Å². The molecule has 0 saturated carbocycles. The van der Waals surface area contributed by atoms with Crippen molar-refractivity contribution >= 4 is 34.0 Å². The molecular weight excluding hydrogens is 484 g/mol. The number of aliphatic hydroxyl groups is 1. The number of anilines is 1. The number of nitrogens with one attached hydrogen (secondary N) is 1. The van der Waals surface area contributed by atoms with Gasteiger partial charge in [0, 0.05) is 11.3 Å². The predicted molar refractivity (Wildman–Crippen MR) is 152 cm³/mol. The Bertz CT molecular complexity index is 1170. The van der Waals surface area contributed by atoms with Crippen LogP contribution in [0.3, 0.4) is 0 Å². The number of benzene rings is 2. The summed E-state index contributed by atoms with van der Waals surface area (Å²) in [6.45, 7) is 21.6. The van der Waals surface area contributed by atoms with Crippen LogP contribution < -0.4 is 14.2 Å². The van der Waals surface area contributed by atoms with Gasteiger partial charge in [0.05, 0.1) is 0 Å². The molecule has 194 valence electrons. The highest BCUT2D eigenvalue weighted by Gasteiger charge is 2.42. The van der Waals surface area contributed by atoms with Crippen molar-refractivity contribution in [1.29, 1.82) is 5.26 Å². The molecule has 0 radical (unpaired) electrons. The van der Waals surface area contributed by atoms with Crippen LogP contribution in [-0.2, 0) is 4.79 Å². The molecule has 8 heteroatoms. The molecule has 0 aliphatic carbocycles. The van der Waals surface area contributed by atoms with Gasteiger partial charge in [-0.05, 0) is 66.6 Å². The number of nitrogens with zero attached hydrogens (tertiary/aromatic N) is 1. The van der Waals surface area contributed by atoms with Gasteiger partial charge < -0.3 is 19.3 Å². The van der Waals surface area contributed by atoms with Crippen LogP contribution in [0.5, 0.6) is 11.5 Å². The Labute approximate surface area is 218 Å². The van der Waals surface area contributed by atoms with E-state index in [2.05, 4.69) is 73.0 Å². The molecule has 1 amide bonds. The minimum absolute atomic E-state index is 0.0224. The minimum atomic E-state index is -2.27. The van der Waals surface area contributed by atoms with Crippen LogP contribution in [0, 0.1) is 11.3 Å². The molecule has 0 unspecified atom stereocenters. The highest BCUT2D eigenvalue weighted by Crippen LogP contribution is 2.44. The molecular formula is C28H40N2O4Si2. The predicted octanol–water partition coefficient (Wildman–Crippen LogP) is 7.89. The first-order valence-corrected chi connectivity index (χ1v) is 17.9. The van der Waals surface area contributed by atoms with Crippen LogP contribution in [0.25, 0.3) is 5.76 Å². The second kappa shape index (κ2) is 10.5. The van der Waals surface area contributed by atoms with Crippen LogP contribution in [0.4, 0.5) is 5.69 Å². The molecule has 2 rings (SSSR count). The molecule has 2 N–H and O–H groups in total. The summed E-state index contributed by atoms with van der Waals surface area (Å²) in [6, 6.07) is 15.7. The Hall–Kier alpha value is -3.03. The summed E-state index contributed by atoms with van der Waals surface area (Å²) in [4.78, 5) is 12.8. The van der Waals surface area contributed by atoms with Gasteiger partial charge in [0.2, 0.25) is 0 Å². The van der Waals surface area contributed by atoms with Crippen LogP contribution >= 0.6 is 0 Å². The van der Waals surface area contributed by atoms with Gasteiger partial charge >= 0.3 is 0 Å². The lowest BCUT2D eigenvalue weighted by Gasteiger charge is -2.39. The monoisotopic (exact) mass is 524 g/mol. The van der Waals surface area contributed by atoms with E-state index in [1.54, 1.807) is 42.5 Å². The maximum absolute atomic E-state index is 12.8. The van der Waals surface area contributed by atoms with E-state index in [9.17, 15) is 15.2 Å². The van der Waals surface area contributed by atoms with Crippen LogP contribution in [0.2, 0.25) is 36.3 Å². The van der Waals surface area contributed by atoms with Crippen molar-refractivity contribution in [1.82, 2.24) is 0 Å².